The van der Waals surface area contributed by atoms with Crippen LogP contribution in [-0.2, 0) is 10.0 Å². The number of rotatable bonds is 5. The van der Waals surface area contributed by atoms with Gasteiger partial charge >= 0.3 is 0 Å². The fraction of sp³-hybridized carbons (Fsp3) is 0.778. The van der Waals surface area contributed by atoms with Crippen molar-refractivity contribution >= 4 is 10.0 Å². The molecular formula is C27H44N2O4S. The largest absolute Gasteiger partial charge is 0.393 e. The first-order chi connectivity index (χ1) is 16.0. The normalized spacial score (nSPS) is 39.5. The highest BCUT2D eigenvalue weighted by atomic mass is 32.2. The summed E-state index contributed by atoms with van der Waals surface area (Å²) in [6, 6.07) is 0. The number of fused-ring (bicyclic) bond motifs is 1. The highest BCUT2D eigenvalue weighted by Crippen LogP contribution is 2.59. The Labute approximate surface area is 206 Å². The van der Waals surface area contributed by atoms with Crippen molar-refractivity contribution in [3.05, 3.63) is 35.5 Å². The van der Waals surface area contributed by atoms with Gasteiger partial charge in [0.25, 0.3) is 0 Å². The zero-order chi connectivity index (χ0) is 24.7. The SMILES string of the molecule is C=C1/C(=C\C=C2/CCC[C@]3(C)[C@@H]([C@H](C)CN4CCN(S(C)(=O)=O)CC4)CC[C@@H]23)C[C@@H](O)C[C@@H]1O. The van der Waals surface area contributed by atoms with Crippen LogP contribution in [-0.4, -0.2) is 79.0 Å². The van der Waals surface area contributed by atoms with E-state index in [0.29, 0.717) is 49.1 Å². The van der Waals surface area contributed by atoms with Gasteiger partial charge in [0.1, 0.15) is 0 Å². The predicted molar refractivity (Wildman–Crippen MR) is 137 cm³/mol. The average Bonchev–Trinajstić information content (AvgIpc) is 3.12. The first-order valence-corrected chi connectivity index (χ1v) is 15.0. The molecule has 0 radical (unpaired) electrons. The third-order valence-corrected chi connectivity index (χ3v) is 10.6. The van der Waals surface area contributed by atoms with E-state index in [1.54, 1.807) is 4.31 Å². The lowest BCUT2D eigenvalue weighted by molar-refractivity contribution is 0.0699. The van der Waals surface area contributed by atoms with E-state index in [1.807, 2.05) is 0 Å². The number of sulfonamides is 1. The van der Waals surface area contributed by atoms with Gasteiger partial charge in [0.2, 0.25) is 10.0 Å². The lowest BCUT2D eigenvalue weighted by Crippen LogP contribution is -2.50. The molecule has 1 heterocycles. The topological polar surface area (TPSA) is 81.1 Å². The van der Waals surface area contributed by atoms with Crippen molar-refractivity contribution in [1.82, 2.24) is 9.21 Å². The summed E-state index contributed by atoms with van der Waals surface area (Å²) in [4.78, 5) is 2.46. The van der Waals surface area contributed by atoms with Crippen molar-refractivity contribution in [2.75, 3.05) is 39.0 Å². The second kappa shape index (κ2) is 10.2. The van der Waals surface area contributed by atoms with E-state index in [1.165, 1.54) is 37.5 Å². The second-order valence-corrected chi connectivity index (χ2v) is 13.6. The van der Waals surface area contributed by atoms with Crippen LogP contribution in [0.3, 0.4) is 0 Å². The minimum absolute atomic E-state index is 0.305. The lowest BCUT2D eigenvalue weighted by atomic mass is 9.61. The van der Waals surface area contributed by atoms with Crippen molar-refractivity contribution in [3.8, 4) is 0 Å². The molecule has 0 spiro atoms. The van der Waals surface area contributed by atoms with E-state index in [4.69, 9.17) is 0 Å². The Kier molecular flexibility index (Phi) is 7.80. The van der Waals surface area contributed by atoms with Gasteiger partial charge in [-0.1, -0.05) is 38.2 Å². The highest BCUT2D eigenvalue weighted by Gasteiger charge is 2.50. The molecule has 0 aromatic carbocycles. The van der Waals surface area contributed by atoms with Gasteiger partial charge in [-0.25, -0.2) is 8.42 Å². The van der Waals surface area contributed by atoms with Gasteiger partial charge < -0.3 is 15.1 Å². The van der Waals surface area contributed by atoms with Gasteiger partial charge in [0.05, 0.1) is 18.5 Å². The Morgan fingerprint density at radius 2 is 1.88 bits per heavy atom. The summed E-state index contributed by atoms with van der Waals surface area (Å²) in [5.41, 5.74) is 3.58. The van der Waals surface area contributed by atoms with Crippen molar-refractivity contribution in [3.63, 3.8) is 0 Å². The predicted octanol–water partition coefficient (Wildman–Crippen LogP) is 3.34. The van der Waals surface area contributed by atoms with Crippen LogP contribution in [0.5, 0.6) is 0 Å². The molecule has 6 atom stereocenters. The molecule has 0 aromatic rings. The van der Waals surface area contributed by atoms with Gasteiger partial charge in [-0.05, 0) is 72.8 Å². The van der Waals surface area contributed by atoms with E-state index < -0.39 is 22.2 Å². The molecule has 6 nitrogen and oxygen atoms in total. The molecule has 4 fully saturated rings. The van der Waals surface area contributed by atoms with Gasteiger partial charge in [-0.2, -0.15) is 4.31 Å². The summed E-state index contributed by atoms with van der Waals surface area (Å²) in [6.07, 6.45) is 11.6. The molecule has 3 saturated carbocycles. The fourth-order valence-electron chi connectivity index (χ4n) is 7.46. The van der Waals surface area contributed by atoms with Crippen molar-refractivity contribution in [1.29, 1.82) is 0 Å². The summed E-state index contributed by atoms with van der Waals surface area (Å²) < 4.78 is 25.3. The maximum atomic E-state index is 11.8. The minimum Gasteiger partial charge on any atom is -0.393 e. The molecule has 4 aliphatic rings. The first kappa shape index (κ1) is 26.1. The molecule has 2 N–H and O–H groups in total. The van der Waals surface area contributed by atoms with Gasteiger partial charge in [-0.15, -0.1) is 0 Å². The number of aliphatic hydroxyl groups excluding tert-OH is 2. The van der Waals surface area contributed by atoms with Crippen LogP contribution in [0.2, 0.25) is 0 Å². The van der Waals surface area contributed by atoms with E-state index in [9.17, 15) is 18.6 Å². The Morgan fingerprint density at radius 3 is 2.56 bits per heavy atom. The van der Waals surface area contributed by atoms with Gasteiger partial charge in [0.15, 0.2) is 0 Å². The minimum atomic E-state index is -3.09. The van der Waals surface area contributed by atoms with Crippen LogP contribution < -0.4 is 0 Å². The van der Waals surface area contributed by atoms with E-state index in [-0.39, 0.29) is 0 Å². The summed E-state index contributed by atoms with van der Waals surface area (Å²) in [6.45, 7) is 12.9. The van der Waals surface area contributed by atoms with Crippen LogP contribution in [0.1, 0.15) is 58.8 Å². The van der Waals surface area contributed by atoms with Crippen LogP contribution in [0.25, 0.3) is 0 Å². The van der Waals surface area contributed by atoms with Crippen LogP contribution in [0.4, 0.5) is 0 Å². The van der Waals surface area contributed by atoms with Crippen molar-refractivity contribution < 1.29 is 18.6 Å². The zero-order valence-electron chi connectivity index (χ0n) is 21.2. The molecule has 0 aromatic heterocycles. The first-order valence-electron chi connectivity index (χ1n) is 13.1. The number of piperazine rings is 1. The Hall–Kier alpha value is -0.990. The van der Waals surface area contributed by atoms with Gasteiger partial charge in [-0.3, -0.25) is 0 Å². The van der Waals surface area contributed by atoms with Crippen LogP contribution in [0.15, 0.2) is 35.5 Å². The fourth-order valence-corrected chi connectivity index (χ4v) is 8.28. The molecule has 4 rings (SSSR count). The van der Waals surface area contributed by atoms with Gasteiger partial charge in [0, 0.05) is 39.1 Å². The van der Waals surface area contributed by atoms with Crippen molar-refractivity contribution in [2.24, 2.45) is 23.2 Å². The van der Waals surface area contributed by atoms with Crippen LogP contribution in [0, 0.1) is 23.2 Å². The molecule has 0 amide bonds. The Balaban J connectivity index is 1.42. The quantitative estimate of drug-likeness (QED) is 0.615. The molecule has 192 valence electrons. The summed E-state index contributed by atoms with van der Waals surface area (Å²) in [5.74, 6) is 1.86. The average molecular weight is 493 g/mol. The van der Waals surface area contributed by atoms with Crippen molar-refractivity contribution in [2.45, 2.75) is 71.0 Å². The summed E-state index contributed by atoms with van der Waals surface area (Å²) >= 11 is 0. The monoisotopic (exact) mass is 492 g/mol. The maximum Gasteiger partial charge on any atom is 0.211 e. The third-order valence-electron chi connectivity index (χ3n) is 9.34. The number of hydrogen-bond acceptors (Lipinski definition) is 5. The number of allylic oxidation sites excluding steroid dienone is 3. The second-order valence-electron chi connectivity index (χ2n) is 11.6. The molecule has 0 bridgehead atoms. The van der Waals surface area contributed by atoms with E-state index in [0.717, 1.165) is 37.2 Å². The maximum absolute atomic E-state index is 11.8. The number of aliphatic hydroxyl groups is 2. The third kappa shape index (κ3) is 5.39. The zero-order valence-corrected chi connectivity index (χ0v) is 22.1. The standard InChI is InChI=1S/C27H44N2O4S/c1-19(18-28-12-14-29(15-13-28)34(4,32)33)24-9-10-25-21(6-5-11-27(24,25)3)7-8-22-16-23(30)17-26(31)20(22)2/h7-8,19,23-26,30-31H,2,5-6,9-18H2,1,3-4H3/b21-7+,22-8-/t19-,23-,24-,25+,26+,27-/m1/s1. The highest BCUT2D eigenvalue weighted by molar-refractivity contribution is 7.88. The Bertz CT molecular complexity index is 934. The van der Waals surface area contributed by atoms with E-state index >= 15 is 0 Å². The lowest BCUT2D eigenvalue weighted by Gasteiger charge is -2.45. The molecule has 0 unspecified atom stereocenters. The smallest absolute Gasteiger partial charge is 0.211 e. The summed E-state index contributed by atoms with van der Waals surface area (Å²) in [7, 11) is -3.09. The molecule has 1 aliphatic heterocycles. The molecular weight excluding hydrogens is 448 g/mol. The molecule has 3 aliphatic carbocycles. The summed E-state index contributed by atoms with van der Waals surface area (Å²) in [5, 5.41) is 20.3. The molecule has 1 saturated heterocycles. The number of hydrogen-bond donors (Lipinski definition) is 2. The van der Waals surface area contributed by atoms with E-state index in [2.05, 4.69) is 37.5 Å². The van der Waals surface area contributed by atoms with Crippen LogP contribution >= 0.6 is 0 Å². The molecule has 7 heteroatoms. The Morgan fingerprint density at radius 1 is 1.18 bits per heavy atom. The molecule has 34 heavy (non-hydrogen) atoms. The number of nitrogens with zero attached hydrogens (tertiary/aromatic N) is 2.